The minimum atomic E-state index is -3.51. The number of hydrogen-bond donors (Lipinski definition) is 2. The van der Waals surface area contributed by atoms with Crippen molar-refractivity contribution in [2.75, 3.05) is 7.05 Å². The molecule has 0 radical (unpaired) electrons. The first-order chi connectivity index (χ1) is 9.55. The van der Waals surface area contributed by atoms with E-state index in [0.29, 0.717) is 18.8 Å². The lowest BCUT2D eigenvalue weighted by atomic mass is 10.4. The van der Waals surface area contributed by atoms with Gasteiger partial charge >= 0.3 is 0 Å². The number of aryl methyl sites for hydroxylation is 1. The van der Waals surface area contributed by atoms with Gasteiger partial charge in [-0.05, 0) is 25.6 Å². The Hall–Kier alpha value is -1.22. The molecule has 2 aromatic heterocycles. The van der Waals surface area contributed by atoms with Crippen LogP contribution >= 0.6 is 11.3 Å². The molecule has 2 N–H and O–H groups in total. The smallest absolute Gasteiger partial charge is 0.273 e. The Morgan fingerprint density at radius 1 is 1.35 bits per heavy atom. The lowest BCUT2D eigenvalue weighted by Crippen LogP contribution is -2.17. The van der Waals surface area contributed by atoms with Gasteiger partial charge in [0.1, 0.15) is 10.8 Å². The van der Waals surface area contributed by atoms with Gasteiger partial charge in [0.25, 0.3) is 10.0 Å². The Morgan fingerprint density at radius 2 is 2.15 bits per heavy atom. The van der Waals surface area contributed by atoms with Gasteiger partial charge in [0.2, 0.25) is 5.09 Å². The summed E-state index contributed by atoms with van der Waals surface area (Å²) in [4.78, 5) is 5.55. The standard InChI is InChI=1S/C12H17N3O3S2/c1-3-10-7-15-11(19-10)8-14-6-9-4-5-12(18-9)20(16,17)13-2/h4-5,7,13-14H,3,6,8H2,1-2H3. The van der Waals surface area contributed by atoms with Crippen LogP contribution in [0.2, 0.25) is 0 Å². The van der Waals surface area contributed by atoms with Crippen molar-refractivity contribution in [1.82, 2.24) is 15.0 Å². The maximum atomic E-state index is 11.5. The van der Waals surface area contributed by atoms with E-state index in [0.717, 1.165) is 11.4 Å². The van der Waals surface area contributed by atoms with Crippen molar-refractivity contribution < 1.29 is 12.8 Å². The SMILES string of the molecule is CCc1cnc(CNCc2ccc(S(=O)(=O)NC)o2)s1. The van der Waals surface area contributed by atoms with Crippen LogP contribution in [0.1, 0.15) is 22.6 Å². The van der Waals surface area contributed by atoms with Crippen LogP contribution in [0.15, 0.2) is 27.8 Å². The molecule has 0 fully saturated rings. The third kappa shape index (κ3) is 3.66. The number of rotatable bonds is 7. The Bertz CT molecular complexity index is 661. The van der Waals surface area contributed by atoms with Crippen LogP contribution in [0, 0.1) is 0 Å². The summed E-state index contributed by atoms with van der Waals surface area (Å²) in [6.45, 7) is 3.19. The van der Waals surface area contributed by atoms with Crippen LogP contribution in [-0.2, 0) is 29.5 Å². The molecule has 8 heteroatoms. The van der Waals surface area contributed by atoms with Crippen molar-refractivity contribution in [2.45, 2.75) is 31.5 Å². The van der Waals surface area contributed by atoms with Crippen molar-refractivity contribution >= 4 is 21.4 Å². The molecule has 6 nitrogen and oxygen atoms in total. The first-order valence-electron chi connectivity index (χ1n) is 6.21. The van der Waals surface area contributed by atoms with Gasteiger partial charge in [-0.1, -0.05) is 6.92 Å². The largest absolute Gasteiger partial charge is 0.447 e. The number of hydrogen-bond acceptors (Lipinski definition) is 6. The molecule has 2 rings (SSSR count). The summed E-state index contributed by atoms with van der Waals surface area (Å²) in [6.07, 6.45) is 2.87. The van der Waals surface area contributed by atoms with Gasteiger partial charge in [-0.2, -0.15) is 0 Å². The van der Waals surface area contributed by atoms with E-state index in [4.69, 9.17) is 4.42 Å². The van der Waals surface area contributed by atoms with E-state index < -0.39 is 10.0 Å². The summed E-state index contributed by atoms with van der Waals surface area (Å²) in [5, 5.41) is 4.12. The average molecular weight is 315 g/mol. The predicted molar refractivity (Wildman–Crippen MR) is 77.0 cm³/mol. The van der Waals surface area contributed by atoms with E-state index >= 15 is 0 Å². The molecule has 0 bridgehead atoms. The van der Waals surface area contributed by atoms with Gasteiger partial charge in [0.05, 0.1) is 6.54 Å². The highest BCUT2D eigenvalue weighted by atomic mass is 32.2. The summed E-state index contributed by atoms with van der Waals surface area (Å²) in [5.74, 6) is 0.575. The van der Waals surface area contributed by atoms with Gasteiger partial charge in [-0.25, -0.2) is 18.1 Å². The Labute approximate surface area is 122 Å². The van der Waals surface area contributed by atoms with Gasteiger partial charge in [0.15, 0.2) is 0 Å². The summed E-state index contributed by atoms with van der Waals surface area (Å²) < 4.78 is 30.5. The van der Waals surface area contributed by atoms with Crippen LogP contribution in [0.5, 0.6) is 0 Å². The molecule has 0 atom stereocenters. The lowest BCUT2D eigenvalue weighted by Gasteiger charge is -2.00. The second-order valence-corrected chi connectivity index (χ2v) is 7.12. The zero-order chi connectivity index (χ0) is 14.6. The molecule has 0 aromatic carbocycles. The molecule has 20 heavy (non-hydrogen) atoms. The number of furan rings is 1. The predicted octanol–water partition coefficient (Wildman–Crippen LogP) is 1.50. The highest BCUT2D eigenvalue weighted by Crippen LogP contribution is 2.15. The molecule has 0 spiro atoms. The minimum absolute atomic E-state index is 0.0701. The molecular weight excluding hydrogens is 298 g/mol. The molecule has 0 amide bonds. The van der Waals surface area contributed by atoms with Gasteiger partial charge in [-0.3, -0.25) is 0 Å². The van der Waals surface area contributed by atoms with E-state index in [-0.39, 0.29) is 5.09 Å². The molecule has 2 heterocycles. The van der Waals surface area contributed by atoms with Crippen molar-refractivity contribution in [3.05, 3.63) is 34.0 Å². The molecular formula is C12H17N3O3S2. The van der Waals surface area contributed by atoms with E-state index in [9.17, 15) is 8.42 Å². The molecule has 0 saturated heterocycles. The van der Waals surface area contributed by atoms with Crippen LogP contribution in [0.3, 0.4) is 0 Å². The van der Waals surface area contributed by atoms with Crippen molar-refractivity contribution in [3.63, 3.8) is 0 Å². The fraction of sp³-hybridized carbons (Fsp3) is 0.417. The summed E-state index contributed by atoms with van der Waals surface area (Å²) >= 11 is 1.67. The second kappa shape index (κ2) is 6.49. The third-order valence-electron chi connectivity index (χ3n) is 2.70. The summed E-state index contributed by atoms with van der Waals surface area (Å²) in [7, 11) is -2.16. The fourth-order valence-electron chi connectivity index (χ4n) is 1.58. The minimum Gasteiger partial charge on any atom is -0.447 e. The van der Waals surface area contributed by atoms with Crippen molar-refractivity contribution in [3.8, 4) is 0 Å². The van der Waals surface area contributed by atoms with Crippen LogP contribution in [0.4, 0.5) is 0 Å². The van der Waals surface area contributed by atoms with Crippen molar-refractivity contribution in [1.29, 1.82) is 0 Å². The van der Waals surface area contributed by atoms with Crippen LogP contribution in [-0.4, -0.2) is 20.4 Å². The maximum absolute atomic E-state index is 11.5. The van der Waals surface area contributed by atoms with E-state index in [1.807, 2.05) is 6.20 Å². The average Bonchev–Trinajstić information content (AvgIpc) is 3.08. The van der Waals surface area contributed by atoms with E-state index in [1.54, 1.807) is 17.4 Å². The molecule has 0 aliphatic rings. The Balaban J connectivity index is 1.88. The normalized spacial score (nSPS) is 11.9. The third-order valence-corrected chi connectivity index (χ3v) is 5.12. The zero-order valence-electron chi connectivity index (χ0n) is 11.3. The van der Waals surface area contributed by atoms with Crippen LogP contribution < -0.4 is 10.0 Å². The summed E-state index contributed by atoms with van der Waals surface area (Å²) in [6, 6.07) is 3.10. The highest BCUT2D eigenvalue weighted by molar-refractivity contribution is 7.89. The number of nitrogens with one attached hydrogen (secondary N) is 2. The molecule has 0 saturated carbocycles. The zero-order valence-corrected chi connectivity index (χ0v) is 13.0. The monoisotopic (exact) mass is 315 g/mol. The van der Waals surface area contributed by atoms with Gasteiger partial charge in [-0.15, -0.1) is 11.3 Å². The first-order valence-corrected chi connectivity index (χ1v) is 8.51. The highest BCUT2D eigenvalue weighted by Gasteiger charge is 2.16. The number of nitrogens with zero attached hydrogens (tertiary/aromatic N) is 1. The fourth-order valence-corrected chi connectivity index (χ4v) is 3.08. The first kappa shape index (κ1) is 15.2. The molecule has 110 valence electrons. The number of aromatic nitrogens is 1. The van der Waals surface area contributed by atoms with Crippen molar-refractivity contribution in [2.24, 2.45) is 0 Å². The number of thiazole rings is 1. The molecule has 0 aliphatic heterocycles. The van der Waals surface area contributed by atoms with Gasteiger partial charge < -0.3 is 9.73 Å². The van der Waals surface area contributed by atoms with E-state index in [1.165, 1.54) is 18.0 Å². The molecule has 0 aliphatic carbocycles. The maximum Gasteiger partial charge on any atom is 0.273 e. The van der Waals surface area contributed by atoms with E-state index in [2.05, 4.69) is 21.9 Å². The van der Waals surface area contributed by atoms with Gasteiger partial charge in [0, 0.05) is 17.6 Å². The molecule has 2 aromatic rings. The quantitative estimate of drug-likeness (QED) is 0.809. The number of sulfonamides is 1. The van der Waals surface area contributed by atoms with Crippen LogP contribution in [0.25, 0.3) is 0 Å². The molecule has 0 unspecified atom stereocenters. The summed E-state index contributed by atoms with van der Waals surface area (Å²) in [5.41, 5.74) is 0. The topological polar surface area (TPSA) is 84.2 Å². The second-order valence-electron chi connectivity index (χ2n) is 4.11. The lowest BCUT2D eigenvalue weighted by molar-refractivity contribution is 0.400. The Kier molecular flexibility index (Phi) is 4.92. The Morgan fingerprint density at radius 3 is 2.80 bits per heavy atom.